The second-order valence-corrected chi connectivity index (χ2v) is 4.91. The smallest absolute Gasteiger partial charge is 0.303 e. The van der Waals surface area contributed by atoms with E-state index in [2.05, 4.69) is 4.98 Å². The zero-order chi connectivity index (χ0) is 15.4. The highest BCUT2D eigenvalue weighted by atomic mass is 35.5. The van der Waals surface area contributed by atoms with E-state index in [1.165, 1.54) is 0 Å². The first-order chi connectivity index (χ1) is 10.7. The van der Waals surface area contributed by atoms with Gasteiger partial charge in [-0.1, -0.05) is 60.7 Å². The summed E-state index contributed by atoms with van der Waals surface area (Å²) >= 11 is 0. The molecule has 0 saturated carbocycles. The molecule has 118 valence electrons. The largest absolute Gasteiger partial charge is 0.481 e. The van der Waals surface area contributed by atoms with Gasteiger partial charge in [0.15, 0.2) is 11.7 Å². The van der Waals surface area contributed by atoms with E-state index in [1.807, 2.05) is 60.7 Å². The molecule has 1 N–H and O–H groups in total. The number of hydrogen-bond acceptors (Lipinski definition) is 3. The lowest BCUT2D eigenvalue weighted by molar-refractivity contribution is -0.137. The summed E-state index contributed by atoms with van der Waals surface area (Å²) < 4.78 is 5.83. The van der Waals surface area contributed by atoms with Gasteiger partial charge in [0.1, 0.15) is 5.69 Å². The first-order valence-corrected chi connectivity index (χ1v) is 7.06. The van der Waals surface area contributed by atoms with Crippen molar-refractivity contribution in [3.63, 3.8) is 0 Å². The molecule has 0 spiro atoms. The summed E-state index contributed by atoms with van der Waals surface area (Å²) in [5.74, 6) is 0.257. The van der Waals surface area contributed by atoms with Crippen LogP contribution in [0.15, 0.2) is 65.1 Å². The summed E-state index contributed by atoms with van der Waals surface area (Å²) in [6, 6.07) is 19.5. The molecule has 23 heavy (non-hydrogen) atoms. The van der Waals surface area contributed by atoms with Crippen molar-refractivity contribution in [1.29, 1.82) is 0 Å². The van der Waals surface area contributed by atoms with Gasteiger partial charge in [-0.3, -0.25) is 4.79 Å². The molecule has 0 saturated heterocycles. The average molecular weight is 330 g/mol. The minimum Gasteiger partial charge on any atom is -0.481 e. The van der Waals surface area contributed by atoms with E-state index in [4.69, 9.17) is 9.52 Å². The van der Waals surface area contributed by atoms with Gasteiger partial charge in [0.2, 0.25) is 0 Å². The van der Waals surface area contributed by atoms with Gasteiger partial charge in [0.25, 0.3) is 0 Å². The third kappa shape index (κ3) is 3.99. The van der Waals surface area contributed by atoms with Crippen LogP contribution in [0.3, 0.4) is 0 Å². The summed E-state index contributed by atoms with van der Waals surface area (Å²) in [4.78, 5) is 15.2. The van der Waals surface area contributed by atoms with E-state index in [0.717, 1.165) is 16.8 Å². The summed E-state index contributed by atoms with van der Waals surface area (Å²) in [5.41, 5.74) is 2.62. The lowest BCUT2D eigenvalue weighted by Crippen LogP contribution is -1.97. The van der Waals surface area contributed by atoms with E-state index >= 15 is 0 Å². The molecule has 0 bridgehead atoms. The maximum atomic E-state index is 10.7. The monoisotopic (exact) mass is 329 g/mol. The molecule has 1 heterocycles. The molecule has 0 fully saturated rings. The quantitative estimate of drug-likeness (QED) is 0.751. The van der Waals surface area contributed by atoms with Crippen molar-refractivity contribution in [2.24, 2.45) is 0 Å². The van der Waals surface area contributed by atoms with Gasteiger partial charge in [-0.25, -0.2) is 4.98 Å². The van der Waals surface area contributed by atoms with E-state index < -0.39 is 5.97 Å². The molecule has 3 aromatic rings. The summed E-state index contributed by atoms with van der Waals surface area (Å²) in [5, 5.41) is 8.82. The normalized spacial score (nSPS) is 10.1. The Balaban J connectivity index is 0.00000192. The van der Waals surface area contributed by atoms with E-state index in [9.17, 15) is 4.79 Å². The molecule has 1 aromatic heterocycles. The van der Waals surface area contributed by atoms with Crippen LogP contribution in [-0.2, 0) is 11.2 Å². The number of carboxylic acids is 1. The molecule has 4 nitrogen and oxygen atoms in total. The number of oxazole rings is 1. The number of halogens is 1. The van der Waals surface area contributed by atoms with E-state index in [-0.39, 0.29) is 25.2 Å². The predicted molar refractivity (Wildman–Crippen MR) is 90.6 cm³/mol. The lowest BCUT2D eigenvalue weighted by Gasteiger charge is -2.00. The average Bonchev–Trinajstić information content (AvgIpc) is 2.99. The zero-order valence-electron chi connectivity index (χ0n) is 12.3. The Hall–Kier alpha value is -2.59. The summed E-state index contributed by atoms with van der Waals surface area (Å²) in [6.07, 6.45) is 0.283. The Morgan fingerprint density at radius 3 is 2.09 bits per heavy atom. The molecule has 5 heteroatoms. The van der Waals surface area contributed by atoms with Crippen LogP contribution in [0.5, 0.6) is 0 Å². The van der Waals surface area contributed by atoms with Gasteiger partial charge in [0, 0.05) is 17.5 Å². The van der Waals surface area contributed by atoms with Crippen molar-refractivity contribution in [3.05, 3.63) is 66.6 Å². The third-order valence-corrected chi connectivity index (χ3v) is 3.31. The van der Waals surface area contributed by atoms with Gasteiger partial charge in [-0.15, -0.1) is 12.4 Å². The Labute approximate surface area is 140 Å². The van der Waals surface area contributed by atoms with Crippen LogP contribution in [-0.4, -0.2) is 16.1 Å². The minimum atomic E-state index is -0.860. The van der Waals surface area contributed by atoms with Crippen molar-refractivity contribution in [2.45, 2.75) is 12.8 Å². The molecule has 0 unspecified atom stereocenters. The number of rotatable bonds is 5. The summed E-state index contributed by atoms with van der Waals surface area (Å²) in [7, 11) is 0. The molecule has 0 amide bonds. The topological polar surface area (TPSA) is 63.3 Å². The van der Waals surface area contributed by atoms with Crippen LogP contribution in [0.2, 0.25) is 0 Å². The first-order valence-electron chi connectivity index (χ1n) is 7.06. The molecule has 0 aliphatic heterocycles. The van der Waals surface area contributed by atoms with Gasteiger partial charge < -0.3 is 9.52 Å². The first kappa shape index (κ1) is 16.8. The molecule has 0 aliphatic carbocycles. The standard InChI is InChI=1S/C18H15NO3.ClH/c20-16(21)12-11-15-19-17(13-7-3-1-4-8-13)18(22-15)14-9-5-2-6-10-14;/h1-10H,11-12H2,(H,20,21);1H. The molecule has 0 aliphatic rings. The molecular weight excluding hydrogens is 314 g/mol. The van der Waals surface area contributed by atoms with Gasteiger partial charge in [-0.05, 0) is 0 Å². The van der Waals surface area contributed by atoms with Crippen molar-refractivity contribution < 1.29 is 14.3 Å². The Morgan fingerprint density at radius 1 is 0.957 bits per heavy atom. The predicted octanol–water partition coefficient (Wildman–Crippen LogP) is 4.45. The maximum Gasteiger partial charge on any atom is 0.303 e. The van der Waals surface area contributed by atoms with E-state index in [1.54, 1.807) is 0 Å². The zero-order valence-corrected chi connectivity index (χ0v) is 13.1. The SMILES string of the molecule is Cl.O=C(O)CCc1nc(-c2ccccc2)c(-c2ccccc2)o1. The summed E-state index contributed by atoms with van der Waals surface area (Å²) in [6.45, 7) is 0. The molecule has 2 aromatic carbocycles. The van der Waals surface area contributed by atoms with Crippen LogP contribution < -0.4 is 0 Å². The third-order valence-electron chi connectivity index (χ3n) is 3.31. The van der Waals surface area contributed by atoms with Crippen molar-refractivity contribution in [3.8, 4) is 22.6 Å². The Morgan fingerprint density at radius 2 is 1.52 bits per heavy atom. The minimum absolute atomic E-state index is 0. The molecule has 3 rings (SSSR count). The number of carboxylic acid groups (broad SMARTS) is 1. The number of nitrogens with zero attached hydrogens (tertiary/aromatic N) is 1. The Bertz CT molecular complexity index is 712. The number of carbonyl (C=O) groups is 1. The van der Waals surface area contributed by atoms with Crippen LogP contribution in [0, 0.1) is 0 Å². The van der Waals surface area contributed by atoms with Crippen molar-refractivity contribution in [1.82, 2.24) is 4.98 Å². The van der Waals surface area contributed by atoms with Gasteiger partial charge >= 0.3 is 5.97 Å². The fourth-order valence-electron chi connectivity index (χ4n) is 2.26. The maximum absolute atomic E-state index is 10.7. The highest BCUT2D eigenvalue weighted by Gasteiger charge is 2.17. The number of aliphatic carboxylic acids is 1. The number of aromatic nitrogens is 1. The van der Waals surface area contributed by atoms with E-state index in [0.29, 0.717) is 11.7 Å². The van der Waals surface area contributed by atoms with Crippen molar-refractivity contribution >= 4 is 18.4 Å². The highest BCUT2D eigenvalue weighted by molar-refractivity contribution is 5.85. The Kier molecular flexibility index (Phi) is 5.55. The van der Waals surface area contributed by atoms with Crippen LogP contribution in [0.4, 0.5) is 0 Å². The number of aryl methyl sites for hydroxylation is 1. The second-order valence-electron chi connectivity index (χ2n) is 4.91. The van der Waals surface area contributed by atoms with Gasteiger partial charge in [-0.2, -0.15) is 0 Å². The van der Waals surface area contributed by atoms with Crippen molar-refractivity contribution in [2.75, 3.05) is 0 Å². The van der Waals surface area contributed by atoms with Crippen LogP contribution >= 0.6 is 12.4 Å². The van der Waals surface area contributed by atoms with Gasteiger partial charge in [0.05, 0.1) is 6.42 Å². The fourth-order valence-corrected chi connectivity index (χ4v) is 2.26. The molecule has 0 radical (unpaired) electrons. The number of benzene rings is 2. The lowest BCUT2D eigenvalue weighted by atomic mass is 10.1. The van der Waals surface area contributed by atoms with Crippen LogP contribution in [0.25, 0.3) is 22.6 Å². The molecular formula is C18H16ClNO3. The second kappa shape index (κ2) is 7.61. The number of hydrogen-bond donors (Lipinski definition) is 1. The fraction of sp³-hybridized carbons (Fsp3) is 0.111. The highest BCUT2D eigenvalue weighted by Crippen LogP contribution is 2.32. The van der Waals surface area contributed by atoms with Crippen LogP contribution in [0.1, 0.15) is 12.3 Å². The molecule has 0 atom stereocenters.